The molecule has 2 rings (SSSR count). The molecule has 0 aromatic heterocycles. The summed E-state index contributed by atoms with van der Waals surface area (Å²) in [5.41, 5.74) is 0.384. The number of hydrogen-bond donors (Lipinski definition) is 0. The van der Waals surface area contributed by atoms with Crippen molar-refractivity contribution in [2.24, 2.45) is 4.99 Å². The lowest BCUT2D eigenvalue weighted by Crippen LogP contribution is -2.14. The van der Waals surface area contributed by atoms with Crippen LogP contribution in [-0.2, 0) is 14.4 Å². The predicted octanol–water partition coefficient (Wildman–Crippen LogP) is 2.80. The Balaban J connectivity index is 1.78. The van der Waals surface area contributed by atoms with Gasteiger partial charge in [0.25, 0.3) is 6.26 Å². The van der Waals surface area contributed by atoms with Gasteiger partial charge in [-0.1, -0.05) is 0 Å². The van der Waals surface area contributed by atoms with Crippen LogP contribution in [0.25, 0.3) is 0 Å². The van der Waals surface area contributed by atoms with Gasteiger partial charge >= 0.3 is 11.9 Å². The quantitative estimate of drug-likeness (QED) is 0.247. The molecule has 0 atom stereocenters. The van der Waals surface area contributed by atoms with Crippen LogP contribution in [0.2, 0.25) is 0 Å². The van der Waals surface area contributed by atoms with E-state index in [0.717, 1.165) is 0 Å². The summed E-state index contributed by atoms with van der Waals surface area (Å²) in [5.74, 6) is -0.361. The molecule has 0 amide bonds. The third kappa shape index (κ3) is 5.92. The van der Waals surface area contributed by atoms with E-state index in [2.05, 4.69) is 9.73 Å². The molecule has 0 heterocycles. The Morgan fingerprint density at radius 3 is 1.77 bits per heavy atom. The first-order chi connectivity index (χ1) is 12.6. The summed E-state index contributed by atoms with van der Waals surface area (Å²) < 4.78 is 14.7. The first-order valence-electron chi connectivity index (χ1n) is 7.36. The third-order valence-electron chi connectivity index (χ3n) is 3.00. The van der Waals surface area contributed by atoms with Crippen LogP contribution >= 0.6 is 0 Å². The predicted molar refractivity (Wildman–Crippen MR) is 87.4 cm³/mol. The molecule has 0 spiro atoms. The van der Waals surface area contributed by atoms with Crippen LogP contribution in [0.15, 0.2) is 53.5 Å². The lowest BCUT2D eigenvalue weighted by atomic mass is 10.3. The molecular formula is C18H12N2O6. The Labute approximate surface area is 148 Å². The van der Waals surface area contributed by atoms with Gasteiger partial charge in [0.2, 0.25) is 6.08 Å². The van der Waals surface area contributed by atoms with Crippen molar-refractivity contribution in [3.63, 3.8) is 0 Å². The molecular weight excluding hydrogens is 340 g/mol. The third-order valence-corrected chi connectivity index (χ3v) is 3.00. The van der Waals surface area contributed by atoms with Gasteiger partial charge in [-0.15, -0.1) is 5.26 Å². The summed E-state index contributed by atoms with van der Waals surface area (Å²) in [6, 6.07) is 11.8. The van der Waals surface area contributed by atoms with Crippen molar-refractivity contribution in [3.8, 4) is 23.5 Å². The highest BCUT2D eigenvalue weighted by Gasteiger charge is 2.11. The number of isocyanates is 1. The van der Waals surface area contributed by atoms with E-state index in [0.29, 0.717) is 11.4 Å². The molecule has 0 fully saturated rings. The van der Waals surface area contributed by atoms with Crippen LogP contribution in [0.4, 0.5) is 5.69 Å². The second-order valence-corrected chi connectivity index (χ2v) is 4.81. The smallest absolute Gasteiger partial charge is 0.311 e. The first kappa shape index (κ1) is 18.4. The highest BCUT2D eigenvalue weighted by Crippen LogP contribution is 2.19. The standard InChI is InChI=1S/C18H12N2O6/c19-11-24-14-5-7-16(8-6-14)26-18(23)10-9-17(22)25-15-3-1-13(2-4-15)20-12-21/h1-8H,9-10H2. The zero-order valence-electron chi connectivity index (χ0n) is 13.4. The molecule has 8 heteroatoms. The number of nitriles is 1. The summed E-state index contributed by atoms with van der Waals surface area (Å²) in [6.45, 7) is 0. The van der Waals surface area contributed by atoms with Crippen molar-refractivity contribution in [2.75, 3.05) is 0 Å². The normalized spacial score (nSPS) is 9.35. The molecule has 0 saturated carbocycles. The van der Waals surface area contributed by atoms with Gasteiger partial charge in [-0.25, -0.2) is 4.79 Å². The molecule has 0 radical (unpaired) electrons. The van der Waals surface area contributed by atoms with Crippen LogP contribution in [-0.4, -0.2) is 18.0 Å². The van der Waals surface area contributed by atoms with Gasteiger partial charge in [0.1, 0.15) is 17.2 Å². The Kier molecular flexibility index (Phi) is 6.63. The summed E-state index contributed by atoms with van der Waals surface area (Å²) in [6.07, 6.45) is 2.60. The van der Waals surface area contributed by atoms with Gasteiger partial charge in [0.15, 0.2) is 0 Å². The highest BCUT2D eigenvalue weighted by atomic mass is 16.5. The number of carbonyl (C=O) groups is 2. The Morgan fingerprint density at radius 2 is 1.31 bits per heavy atom. The number of ether oxygens (including phenoxy) is 3. The summed E-state index contributed by atoms with van der Waals surface area (Å²) in [4.78, 5) is 37.0. The maximum absolute atomic E-state index is 11.7. The molecule has 26 heavy (non-hydrogen) atoms. The van der Waals surface area contributed by atoms with Gasteiger partial charge in [-0.05, 0) is 48.5 Å². The van der Waals surface area contributed by atoms with E-state index in [1.807, 2.05) is 0 Å². The van der Waals surface area contributed by atoms with Gasteiger partial charge < -0.3 is 14.2 Å². The number of benzene rings is 2. The molecule has 0 N–H and O–H groups in total. The molecule has 0 unspecified atom stereocenters. The SMILES string of the molecule is N#COc1ccc(OC(=O)CCC(=O)Oc2ccc(N=C=O)cc2)cc1. The van der Waals surface area contributed by atoms with E-state index < -0.39 is 11.9 Å². The zero-order chi connectivity index (χ0) is 18.8. The van der Waals surface area contributed by atoms with Crippen LogP contribution in [0, 0.1) is 11.5 Å². The number of rotatable bonds is 7. The number of nitrogens with zero attached hydrogens (tertiary/aromatic N) is 2. The van der Waals surface area contributed by atoms with E-state index in [4.69, 9.17) is 14.7 Å². The molecule has 0 aliphatic rings. The van der Waals surface area contributed by atoms with Crippen LogP contribution in [0.1, 0.15) is 12.8 Å². The minimum absolute atomic E-state index is 0.164. The zero-order valence-corrected chi connectivity index (χ0v) is 13.4. The number of esters is 2. The van der Waals surface area contributed by atoms with Crippen LogP contribution in [0.5, 0.6) is 17.2 Å². The largest absolute Gasteiger partial charge is 0.427 e. The lowest BCUT2D eigenvalue weighted by molar-refractivity contribution is -0.140. The average Bonchev–Trinajstić information content (AvgIpc) is 2.64. The minimum Gasteiger partial charge on any atom is -0.427 e. The maximum Gasteiger partial charge on any atom is 0.311 e. The first-order valence-corrected chi connectivity index (χ1v) is 7.36. The molecule has 0 aliphatic carbocycles. The Morgan fingerprint density at radius 1 is 0.846 bits per heavy atom. The Bertz CT molecular complexity index is 862. The van der Waals surface area contributed by atoms with Crippen molar-refractivity contribution in [3.05, 3.63) is 48.5 Å². The average molecular weight is 352 g/mol. The topological polar surface area (TPSA) is 115 Å². The molecule has 2 aromatic carbocycles. The van der Waals surface area contributed by atoms with Crippen LogP contribution in [0.3, 0.4) is 0 Å². The highest BCUT2D eigenvalue weighted by molar-refractivity contribution is 5.80. The number of hydrogen-bond acceptors (Lipinski definition) is 8. The van der Waals surface area contributed by atoms with E-state index in [1.165, 1.54) is 60.9 Å². The molecule has 130 valence electrons. The summed E-state index contributed by atoms with van der Waals surface area (Å²) in [7, 11) is 0. The number of aliphatic imine (C=N–C) groups is 1. The Hall–Kier alpha value is -3.95. The minimum atomic E-state index is -0.605. The second kappa shape index (κ2) is 9.37. The van der Waals surface area contributed by atoms with Gasteiger partial charge in [0.05, 0.1) is 18.5 Å². The van der Waals surface area contributed by atoms with Crippen LogP contribution < -0.4 is 14.2 Å². The van der Waals surface area contributed by atoms with E-state index >= 15 is 0 Å². The van der Waals surface area contributed by atoms with Crippen molar-refractivity contribution in [1.29, 1.82) is 5.26 Å². The van der Waals surface area contributed by atoms with Crippen molar-refractivity contribution in [2.45, 2.75) is 12.8 Å². The second-order valence-electron chi connectivity index (χ2n) is 4.81. The van der Waals surface area contributed by atoms with Gasteiger partial charge in [0, 0.05) is 0 Å². The van der Waals surface area contributed by atoms with Gasteiger partial charge in [-0.2, -0.15) is 4.99 Å². The fourth-order valence-electron chi connectivity index (χ4n) is 1.84. The number of carbonyl (C=O) groups excluding carboxylic acids is 3. The molecule has 0 saturated heterocycles. The monoisotopic (exact) mass is 352 g/mol. The van der Waals surface area contributed by atoms with Crippen molar-refractivity contribution in [1.82, 2.24) is 0 Å². The van der Waals surface area contributed by atoms with E-state index in [-0.39, 0.29) is 24.3 Å². The van der Waals surface area contributed by atoms with Crippen molar-refractivity contribution >= 4 is 23.7 Å². The fraction of sp³-hybridized carbons (Fsp3) is 0.111. The van der Waals surface area contributed by atoms with E-state index in [9.17, 15) is 14.4 Å². The van der Waals surface area contributed by atoms with Crippen molar-refractivity contribution < 1.29 is 28.6 Å². The molecule has 2 aromatic rings. The lowest BCUT2D eigenvalue weighted by Gasteiger charge is -2.06. The molecule has 0 bridgehead atoms. The maximum atomic E-state index is 11.7. The summed E-state index contributed by atoms with van der Waals surface area (Å²) >= 11 is 0. The fourth-order valence-corrected chi connectivity index (χ4v) is 1.84. The van der Waals surface area contributed by atoms with E-state index in [1.54, 1.807) is 0 Å². The molecule has 0 aliphatic heterocycles. The van der Waals surface area contributed by atoms with Gasteiger partial charge in [-0.3, -0.25) is 9.59 Å². The summed E-state index contributed by atoms with van der Waals surface area (Å²) in [5, 5.41) is 8.38. The molecule has 8 nitrogen and oxygen atoms in total.